The number of ether oxygens (including phenoxy) is 1. The molecule has 0 bridgehead atoms. The van der Waals surface area contributed by atoms with Gasteiger partial charge in [0, 0.05) is 18.3 Å². The lowest BCUT2D eigenvalue weighted by molar-refractivity contribution is 0.102. The molecule has 0 aliphatic rings. The summed E-state index contributed by atoms with van der Waals surface area (Å²) >= 11 is 0. The monoisotopic (exact) mass is 438 g/mol. The predicted molar refractivity (Wildman–Crippen MR) is 124 cm³/mol. The molecular weight excluding hydrogens is 412 g/mol. The van der Waals surface area contributed by atoms with Gasteiger partial charge in [0.15, 0.2) is 0 Å². The summed E-state index contributed by atoms with van der Waals surface area (Å²) in [6.45, 7) is 5.74. The minimum absolute atomic E-state index is 0.0248. The predicted octanol–water partition coefficient (Wildman–Crippen LogP) is 4.70. The third-order valence-corrected chi connectivity index (χ3v) is 7.07. The standard InChI is InChI=1S/C24H26N2O4S/c1-16-10-12-19(14-18(16)3)25-24(27)21-15-20(13-11-17(21)2)31(28,29)26(4)22-8-6-7-9-23(22)30-5/h6-15H,1-5H3,(H,25,27). The number of carbonyl (C=O) groups excluding carboxylic acids is 1. The number of anilines is 2. The fourth-order valence-electron chi connectivity index (χ4n) is 3.20. The number of methoxy groups -OCH3 is 1. The van der Waals surface area contributed by atoms with Gasteiger partial charge in [-0.05, 0) is 73.9 Å². The second-order valence-corrected chi connectivity index (χ2v) is 9.34. The van der Waals surface area contributed by atoms with Crippen LogP contribution in [0, 0.1) is 20.8 Å². The largest absolute Gasteiger partial charge is 0.495 e. The van der Waals surface area contributed by atoms with Crippen LogP contribution in [0.15, 0.2) is 65.6 Å². The lowest BCUT2D eigenvalue weighted by Crippen LogP contribution is -2.27. The van der Waals surface area contributed by atoms with Crippen LogP contribution in [0.4, 0.5) is 11.4 Å². The first kappa shape index (κ1) is 22.4. The third-order valence-electron chi connectivity index (χ3n) is 5.30. The molecule has 0 heterocycles. The number of hydrogen-bond acceptors (Lipinski definition) is 4. The van der Waals surface area contributed by atoms with E-state index in [1.165, 1.54) is 26.3 Å². The van der Waals surface area contributed by atoms with Gasteiger partial charge in [0.25, 0.3) is 15.9 Å². The summed E-state index contributed by atoms with van der Waals surface area (Å²) < 4.78 is 33.0. The van der Waals surface area contributed by atoms with Crippen LogP contribution in [0.3, 0.4) is 0 Å². The molecule has 6 nitrogen and oxygen atoms in total. The molecule has 0 radical (unpaired) electrons. The van der Waals surface area contributed by atoms with Crippen molar-refractivity contribution in [1.29, 1.82) is 0 Å². The number of carbonyl (C=O) groups is 1. The fraction of sp³-hybridized carbons (Fsp3) is 0.208. The minimum Gasteiger partial charge on any atom is -0.495 e. The Bertz CT molecular complexity index is 1240. The second-order valence-electron chi connectivity index (χ2n) is 7.37. The van der Waals surface area contributed by atoms with Crippen LogP contribution in [0.2, 0.25) is 0 Å². The molecule has 0 fully saturated rings. The first-order valence-electron chi connectivity index (χ1n) is 9.76. The summed E-state index contributed by atoms with van der Waals surface area (Å²) in [6, 6.07) is 17.1. The van der Waals surface area contributed by atoms with Gasteiger partial charge in [-0.1, -0.05) is 24.3 Å². The van der Waals surface area contributed by atoms with E-state index in [2.05, 4.69) is 5.32 Å². The summed E-state index contributed by atoms with van der Waals surface area (Å²) in [4.78, 5) is 12.9. The molecule has 3 rings (SSSR count). The van der Waals surface area contributed by atoms with Gasteiger partial charge in [-0.3, -0.25) is 9.10 Å². The van der Waals surface area contributed by atoms with E-state index in [0.717, 1.165) is 15.4 Å². The van der Waals surface area contributed by atoms with Crippen molar-refractivity contribution in [3.8, 4) is 5.75 Å². The van der Waals surface area contributed by atoms with Gasteiger partial charge in [0.2, 0.25) is 0 Å². The number of nitrogens with zero attached hydrogens (tertiary/aromatic N) is 1. The first-order chi connectivity index (χ1) is 14.6. The molecule has 0 aliphatic carbocycles. The van der Waals surface area contributed by atoms with Crippen LogP contribution in [0.5, 0.6) is 5.75 Å². The molecule has 1 N–H and O–H groups in total. The van der Waals surface area contributed by atoms with Crippen molar-refractivity contribution in [3.05, 3.63) is 82.9 Å². The number of nitrogens with one attached hydrogen (secondary N) is 1. The van der Waals surface area contributed by atoms with Crippen molar-refractivity contribution in [2.24, 2.45) is 0 Å². The highest BCUT2D eigenvalue weighted by molar-refractivity contribution is 7.92. The normalized spacial score (nSPS) is 11.1. The number of hydrogen-bond donors (Lipinski definition) is 1. The number of aryl methyl sites for hydroxylation is 3. The molecule has 0 saturated heterocycles. The van der Waals surface area contributed by atoms with Gasteiger partial charge in [-0.15, -0.1) is 0 Å². The van der Waals surface area contributed by atoms with Gasteiger partial charge in [0.05, 0.1) is 17.7 Å². The third kappa shape index (κ3) is 4.56. The number of sulfonamides is 1. The highest BCUT2D eigenvalue weighted by Crippen LogP contribution is 2.31. The Morgan fingerprint density at radius 2 is 1.58 bits per heavy atom. The van der Waals surface area contributed by atoms with Gasteiger partial charge in [-0.2, -0.15) is 0 Å². The zero-order valence-corrected chi connectivity index (χ0v) is 19.1. The Balaban J connectivity index is 1.95. The topological polar surface area (TPSA) is 75.7 Å². The molecule has 0 spiro atoms. The van der Waals surface area contributed by atoms with E-state index in [0.29, 0.717) is 28.3 Å². The van der Waals surface area contributed by atoms with Crippen molar-refractivity contribution in [1.82, 2.24) is 0 Å². The number of benzene rings is 3. The minimum atomic E-state index is -3.91. The van der Waals surface area contributed by atoms with Crippen LogP contribution in [0.1, 0.15) is 27.0 Å². The van der Waals surface area contributed by atoms with Crippen LogP contribution in [-0.2, 0) is 10.0 Å². The van der Waals surface area contributed by atoms with Crippen LogP contribution >= 0.6 is 0 Å². The van der Waals surface area contributed by atoms with Crippen molar-refractivity contribution >= 4 is 27.3 Å². The Kier molecular flexibility index (Phi) is 6.36. The number of rotatable bonds is 6. The van der Waals surface area contributed by atoms with Crippen molar-refractivity contribution in [2.75, 3.05) is 23.8 Å². The summed E-state index contributed by atoms with van der Waals surface area (Å²) in [6.07, 6.45) is 0. The van der Waals surface area contributed by atoms with Crippen LogP contribution < -0.4 is 14.4 Å². The summed E-state index contributed by atoms with van der Waals surface area (Å²) in [5, 5.41) is 2.86. The maximum atomic E-state index is 13.3. The number of para-hydroxylation sites is 2. The van der Waals surface area contributed by atoms with E-state index < -0.39 is 10.0 Å². The summed E-state index contributed by atoms with van der Waals surface area (Å²) in [7, 11) is -0.963. The Morgan fingerprint density at radius 3 is 2.26 bits per heavy atom. The Hall–Kier alpha value is -3.32. The molecule has 3 aromatic carbocycles. The highest BCUT2D eigenvalue weighted by Gasteiger charge is 2.25. The van der Waals surface area contributed by atoms with Crippen LogP contribution in [0.25, 0.3) is 0 Å². The second kappa shape index (κ2) is 8.81. The molecule has 0 saturated carbocycles. The fourth-order valence-corrected chi connectivity index (χ4v) is 4.43. The molecule has 0 atom stereocenters. The van der Waals surface area contributed by atoms with E-state index in [1.54, 1.807) is 37.3 Å². The highest BCUT2D eigenvalue weighted by atomic mass is 32.2. The van der Waals surface area contributed by atoms with E-state index in [-0.39, 0.29) is 10.8 Å². The zero-order valence-electron chi connectivity index (χ0n) is 18.3. The quantitative estimate of drug-likeness (QED) is 0.605. The molecule has 1 amide bonds. The smallest absolute Gasteiger partial charge is 0.264 e. The van der Waals surface area contributed by atoms with E-state index in [4.69, 9.17) is 4.74 Å². The average molecular weight is 439 g/mol. The van der Waals surface area contributed by atoms with Crippen LogP contribution in [-0.4, -0.2) is 28.5 Å². The Labute approximate surface area is 183 Å². The van der Waals surface area contributed by atoms with E-state index >= 15 is 0 Å². The SMILES string of the molecule is COc1ccccc1N(C)S(=O)(=O)c1ccc(C)c(C(=O)Nc2ccc(C)c(C)c2)c1. The molecule has 0 aromatic heterocycles. The lowest BCUT2D eigenvalue weighted by atomic mass is 10.1. The number of amides is 1. The van der Waals surface area contributed by atoms with Crippen molar-refractivity contribution < 1.29 is 17.9 Å². The molecular formula is C24H26N2O4S. The summed E-state index contributed by atoms with van der Waals surface area (Å²) in [5.74, 6) is 0.0751. The molecule has 0 unspecified atom stereocenters. The maximum absolute atomic E-state index is 13.3. The lowest BCUT2D eigenvalue weighted by Gasteiger charge is -2.22. The molecule has 7 heteroatoms. The van der Waals surface area contributed by atoms with Crippen molar-refractivity contribution in [3.63, 3.8) is 0 Å². The van der Waals surface area contributed by atoms with Gasteiger partial charge in [0.1, 0.15) is 5.75 Å². The van der Waals surface area contributed by atoms with Gasteiger partial charge < -0.3 is 10.1 Å². The summed E-state index contributed by atoms with van der Waals surface area (Å²) in [5.41, 5.74) is 4.23. The van der Waals surface area contributed by atoms with E-state index in [9.17, 15) is 13.2 Å². The molecule has 3 aromatic rings. The molecule has 0 aliphatic heterocycles. The Morgan fingerprint density at radius 1 is 0.903 bits per heavy atom. The van der Waals surface area contributed by atoms with E-state index in [1.807, 2.05) is 32.0 Å². The average Bonchev–Trinajstić information content (AvgIpc) is 2.75. The first-order valence-corrected chi connectivity index (χ1v) is 11.2. The van der Waals surface area contributed by atoms with Gasteiger partial charge >= 0.3 is 0 Å². The maximum Gasteiger partial charge on any atom is 0.264 e. The molecule has 162 valence electrons. The molecule has 31 heavy (non-hydrogen) atoms. The van der Waals surface area contributed by atoms with Gasteiger partial charge in [-0.25, -0.2) is 8.42 Å². The zero-order chi connectivity index (χ0) is 22.8. The van der Waals surface area contributed by atoms with Crippen molar-refractivity contribution in [2.45, 2.75) is 25.7 Å².